The standard InChI is InChI=1S/C10H8O3.C8H19N/c1-12-8-2-3-10-7(4-8)5-9(6-11)13-10;1-5-8(9-4)6-7(2)3/h2-6H,1H3;7-9H,5-6H2,1-4H3. The molecule has 0 radical (unpaired) electrons. The van der Waals surface area contributed by atoms with Crippen LogP contribution in [0.5, 0.6) is 5.75 Å². The Balaban J connectivity index is 0.000000239. The molecule has 122 valence electrons. The fourth-order valence-corrected chi connectivity index (χ4v) is 2.28. The number of carbonyl (C=O) groups excluding carboxylic acids is 1. The highest BCUT2D eigenvalue weighted by Gasteiger charge is 2.04. The van der Waals surface area contributed by atoms with Crippen LogP contribution in [-0.4, -0.2) is 26.5 Å². The predicted molar refractivity (Wildman–Crippen MR) is 90.7 cm³/mol. The molecule has 0 saturated heterocycles. The molecule has 4 heteroatoms. The van der Waals surface area contributed by atoms with Gasteiger partial charge in [0.05, 0.1) is 7.11 Å². The molecule has 0 fully saturated rings. The average molecular weight is 305 g/mol. The lowest BCUT2D eigenvalue weighted by molar-refractivity contribution is 0.110. The molecule has 0 aliphatic carbocycles. The van der Waals surface area contributed by atoms with E-state index in [-0.39, 0.29) is 0 Å². The van der Waals surface area contributed by atoms with E-state index < -0.39 is 0 Å². The minimum absolute atomic E-state index is 0.336. The maximum atomic E-state index is 10.4. The van der Waals surface area contributed by atoms with Crippen molar-refractivity contribution in [2.75, 3.05) is 14.2 Å². The van der Waals surface area contributed by atoms with Gasteiger partial charge < -0.3 is 14.5 Å². The highest BCUT2D eigenvalue weighted by molar-refractivity contribution is 5.85. The molecule has 2 rings (SSSR count). The molecular formula is C18H27NO3. The van der Waals surface area contributed by atoms with Crippen molar-refractivity contribution in [3.8, 4) is 5.75 Å². The summed E-state index contributed by atoms with van der Waals surface area (Å²) in [6.45, 7) is 6.75. The van der Waals surface area contributed by atoms with Gasteiger partial charge in [-0.05, 0) is 50.1 Å². The summed E-state index contributed by atoms with van der Waals surface area (Å²) < 4.78 is 10.2. The molecular weight excluding hydrogens is 278 g/mol. The SMILES string of the molecule is CCC(CC(C)C)NC.COc1ccc2oc(C=O)cc2c1. The number of fused-ring (bicyclic) bond motifs is 1. The summed E-state index contributed by atoms with van der Waals surface area (Å²) in [6, 6.07) is 7.81. The van der Waals surface area contributed by atoms with Gasteiger partial charge in [-0.15, -0.1) is 0 Å². The lowest BCUT2D eigenvalue weighted by Gasteiger charge is -2.15. The molecule has 1 heterocycles. The van der Waals surface area contributed by atoms with Gasteiger partial charge in [0.2, 0.25) is 0 Å². The van der Waals surface area contributed by atoms with Crippen molar-refractivity contribution < 1.29 is 13.9 Å². The predicted octanol–water partition coefficient (Wildman–Crippen LogP) is 4.28. The van der Waals surface area contributed by atoms with Gasteiger partial charge >= 0.3 is 0 Å². The molecule has 4 nitrogen and oxygen atoms in total. The second kappa shape index (κ2) is 9.26. The summed E-state index contributed by atoms with van der Waals surface area (Å²) in [5.41, 5.74) is 0.697. The summed E-state index contributed by atoms with van der Waals surface area (Å²) in [5.74, 6) is 1.91. The summed E-state index contributed by atoms with van der Waals surface area (Å²) in [6.07, 6.45) is 3.23. The van der Waals surface area contributed by atoms with Crippen molar-refractivity contribution in [3.63, 3.8) is 0 Å². The Morgan fingerprint density at radius 2 is 2.05 bits per heavy atom. The zero-order valence-electron chi connectivity index (χ0n) is 14.2. The first kappa shape index (κ1) is 18.2. The molecule has 1 atom stereocenters. The number of benzene rings is 1. The van der Waals surface area contributed by atoms with E-state index in [1.165, 1.54) is 12.8 Å². The summed E-state index contributed by atoms with van der Waals surface area (Å²) >= 11 is 0. The van der Waals surface area contributed by atoms with E-state index in [2.05, 4.69) is 26.1 Å². The molecule has 0 bridgehead atoms. The average Bonchev–Trinajstić information content (AvgIpc) is 2.95. The lowest BCUT2D eigenvalue weighted by atomic mass is 10.0. The molecule has 0 amide bonds. The number of methoxy groups -OCH3 is 1. The number of nitrogens with one attached hydrogen (secondary N) is 1. The van der Waals surface area contributed by atoms with Crippen molar-refractivity contribution >= 4 is 17.3 Å². The van der Waals surface area contributed by atoms with Gasteiger partial charge in [0, 0.05) is 11.4 Å². The van der Waals surface area contributed by atoms with E-state index in [1.807, 2.05) is 13.1 Å². The van der Waals surface area contributed by atoms with Crippen molar-refractivity contribution in [1.82, 2.24) is 5.32 Å². The van der Waals surface area contributed by atoms with Crippen molar-refractivity contribution in [2.24, 2.45) is 5.92 Å². The zero-order valence-corrected chi connectivity index (χ0v) is 14.2. The van der Waals surface area contributed by atoms with E-state index in [0.29, 0.717) is 17.6 Å². The molecule has 0 aliphatic rings. The second-order valence-corrected chi connectivity index (χ2v) is 5.69. The molecule has 0 aliphatic heterocycles. The Hall–Kier alpha value is -1.81. The maximum Gasteiger partial charge on any atom is 0.185 e. The smallest absolute Gasteiger partial charge is 0.185 e. The van der Waals surface area contributed by atoms with E-state index in [4.69, 9.17) is 9.15 Å². The Morgan fingerprint density at radius 3 is 2.50 bits per heavy atom. The number of aldehydes is 1. The van der Waals surface area contributed by atoms with Gasteiger partial charge in [-0.2, -0.15) is 0 Å². The second-order valence-electron chi connectivity index (χ2n) is 5.69. The van der Waals surface area contributed by atoms with Gasteiger partial charge in [0.1, 0.15) is 11.3 Å². The van der Waals surface area contributed by atoms with E-state index in [0.717, 1.165) is 23.1 Å². The minimum Gasteiger partial charge on any atom is -0.497 e. The van der Waals surface area contributed by atoms with Crippen LogP contribution in [0.3, 0.4) is 0 Å². The zero-order chi connectivity index (χ0) is 16.5. The van der Waals surface area contributed by atoms with Gasteiger partial charge in [0.15, 0.2) is 12.0 Å². The molecule has 2 aromatic rings. The highest BCUT2D eigenvalue weighted by Crippen LogP contribution is 2.23. The Morgan fingerprint density at radius 1 is 1.32 bits per heavy atom. The topological polar surface area (TPSA) is 51.5 Å². The number of carbonyl (C=O) groups is 1. The first-order chi connectivity index (χ1) is 10.5. The van der Waals surface area contributed by atoms with Crippen LogP contribution in [0, 0.1) is 5.92 Å². The number of rotatable bonds is 6. The normalized spacial score (nSPS) is 11.9. The number of ether oxygens (including phenoxy) is 1. The molecule has 1 N–H and O–H groups in total. The van der Waals surface area contributed by atoms with Gasteiger partial charge in [-0.3, -0.25) is 4.79 Å². The third-order valence-corrected chi connectivity index (χ3v) is 3.52. The Bertz CT molecular complexity index is 571. The first-order valence-electron chi connectivity index (χ1n) is 7.74. The van der Waals surface area contributed by atoms with Crippen LogP contribution in [0.15, 0.2) is 28.7 Å². The third-order valence-electron chi connectivity index (χ3n) is 3.52. The monoisotopic (exact) mass is 305 g/mol. The van der Waals surface area contributed by atoms with Gasteiger partial charge in [-0.1, -0.05) is 20.8 Å². The van der Waals surface area contributed by atoms with Crippen LogP contribution in [0.1, 0.15) is 44.2 Å². The van der Waals surface area contributed by atoms with Crippen LogP contribution in [0.25, 0.3) is 11.0 Å². The van der Waals surface area contributed by atoms with Crippen LogP contribution in [-0.2, 0) is 0 Å². The number of hydrogen-bond donors (Lipinski definition) is 1. The molecule has 1 aromatic carbocycles. The van der Waals surface area contributed by atoms with Gasteiger partial charge in [-0.25, -0.2) is 0 Å². The molecule has 0 saturated carbocycles. The third kappa shape index (κ3) is 5.53. The molecule has 22 heavy (non-hydrogen) atoms. The highest BCUT2D eigenvalue weighted by atomic mass is 16.5. The largest absolute Gasteiger partial charge is 0.497 e. The van der Waals surface area contributed by atoms with Crippen LogP contribution < -0.4 is 10.1 Å². The molecule has 0 spiro atoms. The van der Waals surface area contributed by atoms with Gasteiger partial charge in [0.25, 0.3) is 0 Å². The minimum atomic E-state index is 0.336. The lowest BCUT2D eigenvalue weighted by Crippen LogP contribution is -2.25. The van der Waals surface area contributed by atoms with Crippen molar-refractivity contribution in [3.05, 3.63) is 30.0 Å². The quantitative estimate of drug-likeness (QED) is 0.809. The van der Waals surface area contributed by atoms with Crippen molar-refractivity contribution in [2.45, 2.75) is 39.7 Å². The van der Waals surface area contributed by atoms with Crippen molar-refractivity contribution in [1.29, 1.82) is 0 Å². The number of furan rings is 1. The maximum absolute atomic E-state index is 10.4. The van der Waals surface area contributed by atoms with E-state index in [9.17, 15) is 4.79 Å². The Kier molecular flexibility index (Phi) is 7.67. The summed E-state index contributed by atoms with van der Waals surface area (Å²) in [5, 5.41) is 4.16. The number of hydrogen-bond acceptors (Lipinski definition) is 4. The van der Waals surface area contributed by atoms with Crippen LogP contribution in [0.4, 0.5) is 0 Å². The molecule has 1 aromatic heterocycles. The first-order valence-corrected chi connectivity index (χ1v) is 7.74. The fraction of sp³-hybridized carbons (Fsp3) is 0.500. The summed E-state index contributed by atoms with van der Waals surface area (Å²) in [4.78, 5) is 10.4. The van der Waals surface area contributed by atoms with E-state index in [1.54, 1.807) is 25.3 Å². The van der Waals surface area contributed by atoms with Crippen LogP contribution >= 0.6 is 0 Å². The fourth-order valence-electron chi connectivity index (χ4n) is 2.28. The van der Waals surface area contributed by atoms with E-state index >= 15 is 0 Å². The molecule has 1 unspecified atom stereocenters. The Labute approximate surface area is 132 Å². The summed E-state index contributed by atoms with van der Waals surface area (Å²) in [7, 11) is 3.64. The van der Waals surface area contributed by atoms with Crippen LogP contribution in [0.2, 0.25) is 0 Å².